The van der Waals surface area contributed by atoms with Gasteiger partial charge in [-0.3, -0.25) is 9.69 Å². The van der Waals surface area contributed by atoms with Gasteiger partial charge in [0.05, 0.1) is 5.54 Å². The Balaban J connectivity index is 1.71. The van der Waals surface area contributed by atoms with E-state index in [0.29, 0.717) is 5.91 Å². The second-order valence-electron chi connectivity index (χ2n) is 5.98. The monoisotopic (exact) mass is 278 g/mol. The third-order valence-corrected chi connectivity index (χ3v) is 5.47. The van der Waals surface area contributed by atoms with Crippen LogP contribution in [0.25, 0.3) is 0 Å². The van der Waals surface area contributed by atoms with Crippen LogP contribution >= 0.6 is 11.3 Å². The molecule has 0 bridgehead atoms. The molecular weight excluding hydrogens is 256 g/mol. The lowest BCUT2D eigenvalue weighted by atomic mass is 9.80. The summed E-state index contributed by atoms with van der Waals surface area (Å²) in [6, 6.07) is 2.21. The summed E-state index contributed by atoms with van der Waals surface area (Å²) in [5.74, 6) is 0.337. The lowest BCUT2D eigenvalue weighted by Gasteiger charge is -2.50. The van der Waals surface area contributed by atoms with Crippen molar-refractivity contribution in [1.29, 1.82) is 0 Å². The average Bonchev–Trinajstić information content (AvgIpc) is 2.89. The van der Waals surface area contributed by atoms with Crippen molar-refractivity contribution in [1.82, 2.24) is 9.80 Å². The molecule has 0 aliphatic carbocycles. The lowest BCUT2D eigenvalue weighted by Crippen LogP contribution is -2.60. The number of likely N-dealkylation sites (N-methyl/N-ethyl adjacent to an activating group) is 1. The normalized spacial score (nSPS) is 29.1. The fourth-order valence-corrected chi connectivity index (χ4v) is 4.29. The maximum absolute atomic E-state index is 12.0. The van der Waals surface area contributed by atoms with Gasteiger partial charge < -0.3 is 4.90 Å². The topological polar surface area (TPSA) is 23.6 Å². The molecular formula is C15H22N2OS. The van der Waals surface area contributed by atoms with Gasteiger partial charge in [-0.25, -0.2) is 0 Å². The maximum atomic E-state index is 12.0. The van der Waals surface area contributed by atoms with Crippen LogP contribution in [-0.4, -0.2) is 41.4 Å². The number of hydrogen-bond donors (Lipinski definition) is 0. The molecule has 1 aromatic rings. The number of carbonyl (C=O) groups is 1. The van der Waals surface area contributed by atoms with Crippen molar-refractivity contribution in [3.63, 3.8) is 0 Å². The molecule has 0 aromatic carbocycles. The smallest absolute Gasteiger partial charge is 0.222 e. The second-order valence-corrected chi connectivity index (χ2v) is 6.76. The van der Waals surface area contributed by atoms with E-state index in [9.17, 15) is 4.79 Å². The molecule has 4 heteroatoms. The number of carbonyl (C=O) groups excluding carboxylic acids is 1. The van der Waals surface area contributed by atoms with Crippen molar-refractivity contribution in [2.75, 3.05) is 20.1 Å². The Hall–Kier alpha value is -0.870. The first-order valence-corrected chi connectivity index (χ1v) is 8.14. The minimum Gasteiger partial charge on any atom is -0.339 e. The van der Waals surface area contributed by atoms with Gasteiger partial charge in [0.25, 0.3) is 0 Å². The van der Waals surface area contributed by atoms with Crippen LogP contribution in [-0.2, 0) is 11.3 Å². The van der Waals surface area contributed by atoms with Crippen LogP contribution in [0.15, 0.2) is 16.8 Å². The highest BCUT2D eigenvalue weighted by molar-refractivity contribution is 7.07. The summed E-state index contributed by atoms with van der Waals surface area (Å²) in [5, 5.41) is 4.38. The van der Waals surface area contributed by atoms with E-state index in [-0.39, 0.29) is 5.54 Å². The van der Waals surface area contributed by atoms with E-state index >= 15 is 0 Å². The molecule has 2 saturated heterocycles. The van der Waals surface area contributed by atoms with Gasteiger partial charge in [-0.1, -0.05) is 0 Å². The van der Waals surface area contributed by atoms with Crippen LogP contribution in [0.3, 0.4) is 0 Å². The predicted octanol–water partition coefficient (Wildman–Crippen LogP) is 2.73. The van der Waals surface area contributed by atoms with Crippen LogP contribution in [0.1, 0.15) is 37.7 Å². The first-order chi connectivity index (χ1) is 9.20. The first-order valence-electron chi connectivity index (χ1n) is 7.20. The third-order valence-electron chi connectivity index (χ3n) is 4.74. The van der Waals surface area contributed by atoms with E-state index in [0.717, 1.165) is 25.9 Å². The highest BCUT2D eigenvalue weighted by Gasteiger charge is 2.42. The summed E-state index contributed by atoms with van der Waals surface area (Å²) >= 11 is 1.76. The first kappa shape index (κ1) is 13.1. The van der Waals surface area contributed by atoms with Gasteiger partial charge >= 0.3 is 0 Å². The van der Waals surface area contributed by atoms with Crippen molar-refractivity contribution < 1.29 is 4.79 Å². The molecule has 3 heterocycles. The molecule has 0 saturated carbocycles. The van der Waals surface area contributed by atoms with Gasteiger partial charge in [0.1, 0.15) is 0 Å². The molecule has 3 nitrogen and oxygen atoms in total. The summed E-state index contributed by atoms with van der Waals surface area (Å²) in [6.07, 6.45) is 5.37. The molecule has 2 fully saturated rings. The van der Waals surface area contributed by atoms with E-state index < -0.39 is 0 Å². The van der Waals surface area contributed by atoms with Crippen LogP contribution in [0.2, 0.25) is 0 Å². The summed E-state index contributed by atoms with van der Waals surface area (Å²) in [5.41, 5.74) is 1.52. The number of piperidine rings is 2. The summed E-state index contributed by atoms with van der Waals surface area (Å²) in [6.45, 7) is 3.25. The van der Waals surface area contributed by atoms with Crippen LogP contribution in [0, 0.1) is 0 Å². The van der Waals surface area contributed by atoms with E-state index in [1.54, 1.807) is 11.3 Å². The van der Waals surface area contributed by atoms with Crippen molar-refractivity contribution in [2.24, 2.45) is 0 Å². The Bertz CT molecular complexity index is 441. The van der Waals surface area contributed by atoms with E-state index in [4.69, 9.17) is 0 Å². The highest BCUT2D eigenvalue weighted by atomic mass is 32.1. The van der Waals surface area contributed by atoms with Crippen molar-refractivity contribution >= 4 is 17.2 Å². The summed E-state index contributed by atoms with van der Waals surface area (Å²) < 4.78 is 0. The minimum atomic E-state index is 0.115. The van der Waals surface area contributed by atoms with Crippen LogP contribution in [0.5, 0.6) is 0 Å². The molecule has 1 spiro atoms. The van der Waals surface area contributed by atoms with Crippen LogP contribution in [0.4, 0.5) is 0 Å². The Labute approximate surface area is 119 Å². The molecule has 104 valence electrons. The maximum Gasteiger partial charge on any atom is 0.222 e. The molecule has 1 aromatic heterocycles. The molecule has 0 radical (unpaired) electrons. The molecule has 2 aliphatic heterocycles. The Morgan fingerprint density at radius 2 is 2.21 bits per heavy atom. The SMILES string of the molecule is CN1C(=O)CCC[C@]12CCCN(Cc1ccsc1)C2. The average molecular weight is 278 g/mol. The van der Waals surface area contributed by atoms with Gasteiger partial charge in [0.2, 0.25) is 5.91 Å². The second kappa shape index (κ2) is 5.25. The van der Waals surface area contributed by atoms with Gasteiger partial charge in [-0.2, -0.15) is 11.3 Å². The lowest BCUT2D eigenvalue weighted by molar-refractivity contribution is -0.142. The molecule has 1 amide bonds. The Morgan fingerprint density at radius 1 is 1.37 bits per heavy atom. The largest absolute Gasteiger partial charge is 0.339 e. The molecule has 0 N–H and O–H groups in total. The fourth-order valence-electron chi connectivity index (χ4n) is 3.63. The number of nitrogens with zero attached hydrogens (tertiary/aromatic N) is 2. The van der Waals surface area contributed by atoms with E-state index in [1.807, 2.05) is 7.05 Å². The summed E-state index contributed by atoms with van der Waals surface area (Å²) in [4.78, 5) is 16.6. The van der Waals surface area contributed by atoms with Gasteiger partial charge in [0.15, 0.2) is 0 Å². The quantitative estimate of drug-likeness (QED) is 0.830. The third kappa shape index (κ3) is 2.56. The standard InChI is InChI=1S/C15H22N2OS/c1-16-14(18)4-2-6-15(16)7-3-8-17(12-15)10-13-5-9-19-11-13/h5,9,11H,2-4,6-8,10,12H2,1H3/t15-/m1/s1. The minimum absolute atomic E-state index is 0.115. The molecule has 1 atom stereocenters. The zero-order chi connectivity index (χ0) is 13.3. The zero-order valence-electron chi connectivity index (χ0n) is 11.6. The molecule has 0 unspecified atom stereocenters. The number of amides is 1. The highest BCUT2D eigenvalue weighted by Crippen LogP contribution is 2.36. The van der Waals surface area contributed by atoms with Crippen molar-refractivity contribution in [3.05, 3.63) is 22.4 Å². The van der Waals surface area contributed by atoms with Gasteiger partial charge in [-0.05, 0) is 54.6 Å². The van der Waals surface area contributed by atoms with Gasteiger partial charge in [-0.15, -0.1) is 0 Å². The van der Waals surface area contributed by atoms with Gasteiger partial charge in [0, 0.05) is 26.6 Å². The number of rotatable bonds is 2. The predicted molar refractivity (Wildman–Crippen MR) is 78.2 cm³/mol. The zero-order valence-corrected chi connectivity index (χ0v) is 12.4. The molecule has 19 heavy (non-hydrogen) atoms. The Kier molecular flexibility index (Phi) is 3.63. The molecule has 3 rings (SSSR count). The fraction of sp³-hybridized carbons (Fsp3) is 0.667. The number of likely N-dealkylation sites (tertiary alicyclic amines) is 2. The number of hydrogen-bond acceptors (Lipinski definition) is 3. The summed E-state index contributed by atoms with van der Waals surface area (Å²) in [7, 11) is 2.01. The van der Waals surface area contributed by atoms with E-state index in [2.05, 4.69) is 26.6 Å². The molecule has 2 aliphatic rings. The van der Waals surface area contributed by atoms with Crippen molar-refractivity contribution in [3.8, 4) is 0 Å². The number of thiophene rings is 1. The van der Waals surface area contributed by atoms with E-state index in [1.165, 1.54) is 31.4 Å². The van der Waals surface area contributed by atoms with Crippen molar-refractivity contribution in [2.45, 2.75) is 44.2 Å². The van der Waals surface area contributed by atoms with Crippen LogP contribution < -0.4 is 0 Å². The Morgan fingerprint density at radius 3 is 3.00 bits per heavy atom.